The minimum Gasteiger partial charge on any atom is -0.487 e. The maximum atomic E-state index is 12.7. The summed E-state index contributed by atoms with van der Waals surface area (Å²) in [6.07, 6.45) is 4.67. The lowest BCUT2D eigenvalue weighted by molar-refractivity contribution is -0.115. The first-order valence-corrected chi connectivity index (χ1v) is 10.3. The monoisotopic (exact) mass is 401 g/mol. The Morgan fingerprint density at radius 1 is 1.14 bits per heavy atom. The van der Waals surface area contributed by atoms with Crippen LogP contribution >= 0.6 is 11.8 Å². The Hall–Kier alpha value is -3.25. The van der Waals surface area contributed by atoms with Gasteiger partial charge in [0.2, 0.25) is 5.91 Å². The third kappa shape index (κ3) is 3.84. The number of benzene rings is 2. The van der Waals surface area contributed by atoms with Crippen LogP contribution in [0.4, 0.5) is 5.69 Å². The number of hydrogen-bond donors (Lipinski definition) is 1. The van der Waals surface area contributed by atoms with Gasteiger partial charge < -0.3 is 14.5 Å². The number of ether oxygens (including phenoxy) is 1. The largest absolute Gasteiger partial charge is 0.487 e. The van der Waals surface area contributed by atoms with Gasteiger partial charge in [0, 0.05) is 29.0 Å². The minimum absolute atomic E-state index is 0.0173. The molecule has 1 unspecified atom stereocenters. The first kappa shape index (κ1) is 17.8. The predicted molar refractivity (Wildman–Crippen MR) is 114 cm³/mol. The van der Waals surface area contributed by atoms with Crippen LogP contribution < -0.4 is 10.1 Å². The van der Waals surface area contributed by atoms with Crippen LogP contribution in [-0.4, -0.2) is 20.5 Å². The number of thioether (sulfide) groups is 1. The highest BCUT2D eigenvalue weighted by atomic mass is 32.2. The van der Waals surface area contributed by atoms with Crippen molar-refractivity contribution in [3.05, 3.63) is 90.4 Å². The molecule has 4 aromatic rings. The van der Waals surface area contributed by atoms with E-state index in [-0.39, 0.29) is 11.2 Å². The van der Waals surface area contributed by atoms with Crippen LogP contribution in [0.2, 0.25) is 0 Å². The molecule has 144 valence electrons. The molecule has 1 amide bonds. The molecule has 1 N–H and O–H groups in total. The summed E-state index contributed by atoms with van der Waals surface area (Å²) in [4.78, 5) is 18.4. The van der Waals surface area contributed by atoms with Gasteiger partial charge in [0.1, 0.15) is 18.0 Å². The zero-order chi connectivity index (χ0) is 19.6. The normalized spacial score (nSPS) is 15.2. The van der Waals surface area contributed by atoms with E-state index in [1.807, 2.05) is 71.4 Å². The summed E-state index contributed by atoms with van der Waals surface area (Å²) in [5.41, 5.74) is 3.72. The molecule has 2 aromatic heterocycles. The van der Waals surface area contributed by atoms with Crippen molar-refractivity contribution in [2.75, 3.05) is 5.32 Å². The predicted octanol–water partition coefficient (Wildman–Crippen LogP) is 4.57. The third-order valence-electron chi connectivity index (χ3n) is 4.84. The molecular formula is C23H19N3O2S. The maximum absolute atomic E-state index is 12.7. The maximum Gasteiger partial charge on any atom is 0.238 e. The molecule has 1 atom stereocenters. The number of nitrogens with one attached hydrogen (secondary N) is 1. The molecule has 0 bridgehead atoms. The third-order valence-corrected chi connectivity index (χ3v) is 6.16. The van der Waals surface area contributed by atoms with Crippen molar-refractivity contribution in [1.29, 1.82) is 0 Å². The molecule has 6 heteroatoms. The molecule has 0 fully saturated rings. The molecule has 3 heterocycles. The van der Waals surface area contributed by atoms with Crippen LogP contribution in [0, 0.1) is 0 Å². The number of rotatable bonds is 5. The number of hydrogen-bond acceptors (Lipinski definition) is 4. The second-order valence-electron chi connectivity index (χ2n) is 6.92. The van der Waals surface area contributed by atoms with Crippen LogP contribution in [0.15, 0.2) is 84.0 Å². The molecule has 0 saturated carbocycles. The van der Waals surface area contributed by atoms with Crippen molar-refractivity contribution in [2.24, 2.45) is 0 Å². The lowest BCUT2D eigenvalue weighted by Crippen LogP contribution is -2.24. The number of imidazole rings is 1. The fourth-order valence-electron chi connectivity index (χ4n) is 3.43. The van der Waals surface area contributed by atoms with Crippen molar-refractivity contribution in [1.82, 2.24) is 9.38 Å². The van der Waals surface area contributed by atoms with Crippen molar-refractivity contribution in [3.8, 4) is 5.75 Å². The smallest absolute Gasteiger partial charge is 0.238 e. The highest BCUT2D eigenvalue weighted by Gasteiger charge is 2.28. The lowest BCUT2D eigenvalue weighted by Gasteiger charge is -2.11. The van der Waals surface area contributed by atoms with Crippen molar-refractivity contribution in [2.45, 2.75) is 23.2 Å². The molecule has 29 heavy (non-hydrogen) atoms. The minimum atomic E-state index is -0.102. The second-order valence-corrected chi connectivity index (χ2v) is 8.17. The molecule has 2 aromatic carbocycles. The zero-order valence-corrected chi connectivity index (χ0v) is 16.4. The highest BCUT2D eigenvalue weighted by Crippen LogP contribution is 2.37. The van der Waals surface area contributed by atoms with Crippen LogP contribution in [0.1, 0.15) is 11.3 Å². The van der Waals surface area contributed by atoms with Gasteiger partial charge in [-0.2, -0.15) is 0 Å². The number of fused-ring (bicyclic) bond motifs is 2. The van der Waals surface area contributed by atoms with Gasteiger partial charge in [-0.15, -0.1) is 11.8 Å². The van der Waals surface area contributed by atoms with Crippen LogP contribution in [0.25, 0.3) is 5.65 Å². The van der Waals surface area contributed by atoms with Gasteiger partial charge in [0.25, 0.3) is 0 Å². The van der Waals surface area contributed by atoms with Gasteiger partial charge in [-0.05, 0) is 42.3 Å². The Morgan fingerprint density at radius 3 is 2.93 bits per heavy atom. The first-order valence-electron chi connectivity index (χ1n) is 9.45. The fraction of sp³-hybridized carbons (Fsp3) is 0.130. The average molecular weight is 401 g/mol. The molecule has 0 saturated heterocycles. The topological polar surface area (TPSA) is 55.6 Å². The van der Waals surface area contributed by atoms with E-state index in [4.69, 9.17) is 4.74 Å². The van der Waals surface area contributed by atoms with E-state index in [2.05, 4.69) is 22.4 Å². The molecule has 5 nitrogen and oxygen atoms in total. The van der Waals surface area contributed by atoms with Gasteiger partial charge in [0.15, 0.2) is 0 Å². The van der Waals surface area contributed by atoms with E-state index in [0.717, 1.165) is 23.4 Å². The van der Waals surface area contributed by atoms with E-state index in [1.165, 1.54) is 10.5 Å². The number of carbonyl (C=O) groups is 1. The molecule has 1 aliphatic rings. The number of carbonyl (C=O) groups excluding carboxylic acids is 1. The second kappa shape index (κ2) is 7.64. The summed E-state index contributed by atoms with van der Waals surface area (Å²) in [7, 11) is 0. The number of nitrogens with zero attached hydrogens (tertiary/aromatic N) is 2. The van der Waals surface area contributed by atoms with E-state index in [0.29, 0.717) is 12.4 Å². The molecule has 0 spiro atoms. The van der Waals surface area contributed by atoms with Crippen molar-refractivity contribution >= 4 is 29.0 Å². The van der Waals surface area contributed by atoms with Crippen LogP contribution in [-0.2, 0) is 17.8 Å². The summed E-state index contributed by atoms with van der Waals surface area (Å²) < 4.78 is 7.85. The van der Waals surface area contributed by atoms with Crippen LogP contribution in [0.3, 0.4) is 0 Å². The molecular weight excluding hydrogens is 382 g/mol. The summed E-state index contributed by atoms with van der Waals surface area (Å²) in [6.45, 7) is 0.368. The standard InChI is InChI=1S/C23H19N3O2S/c27-23(21-12-16-6-1-2-9-20(16)29-21)25-17-7-5-8-19(13-17)28-15-18-14-26-11-4-3-10-22(26)24-18/h1-11,13-14,21H,12,15H2,(H,25,27). The van der Waals surface area contributed by atoms with E-state index < -0.39 is 0 Å². The summed E-state index contributed by atoms with van der Waals surface area (Å²) >= 11 is 1.62. The van der Waals surface area contributed by atoms with Gasteiger partial charge in [-0.1, -0.05) is 30.3 Å². The Balaban J connectivity index is 1.22. The van der Waals surface area contributed by atoms with Crippen LogP contribution in [0.5, 0.6) is 5.75 Å². The van der Waals surface area contributed by atoms with Gasteiger partial charge in [-0.3, -0.25) is 4.79 Å². The van der Waals surface area contributed by atoms with Gasteiger partial charge in [0.05, 0.1) is 10.9 Å². The van der Waals surface area contributed by atoms with Crippen molar-refractivity contribution in [3.63, 3.8) is 0 Å². The van der Waals surface area contributed by atoms with Crippen molar-refractivity contribution < 1.29 is 9.53 Å². The molecule has 0 radical (unpaired) electrons. The summed E-state index contributed by atoms with van der Waals surface area (Å²) in [5.74, 6) is 0.714. The lowest BCUT2D eigenvalue weighted by atomic mass is 10.1. The van der Waals surface area contributed by atoms with Gasteiger partial charge in [-0.25, -0.2) is 4.98 Å². The number of aromatic nitrogens is 2. The molecule has 1 aliphatic heterocycles. The van der Waals surface area contributed by atoms with E-state index in [1.54, 1.807) is 11.8 Å². The first-order chi connectivity index (χ1) is 14.2. The highest BCUT2D eigenvalue weighted by molar-refractivity contribution is 8.01. The SMILES string of the molecule is O=C(Nc1cccc(OCc2cn3ccccc3n2)c1)C1Cc2ccccc2S1. The van der Waals surface area contributed by atoms with Gasteiger partial charge >= 0.3 is 0 Å². The average Bonchev–Trinajstić information content (AvgIpc) is 3.36. The Bertz CT molecular complexity index is 1130. The summed E-state index contributed by atoms with van der Waals surface area (Å²) in [5, 5.41) is 2.92. The zero-order valence-electron chi connectivity index (χ0n) is 15.6. The molecule has 5 rings (SSSR count). The molecule has 0 aliphatic carbocycles. The van der Waals surface area contributed by atoms with E-state index in [9.17, 15) is 4.79 Å². The summed E-state index contributed by atoms with van der Waals surface area (Å²) in [6, 6.07) is 21.6. The quantitative estimate of drug-likeness (QED) is 0.532. The van der Waals surface area contributed by atoms with E-state index >= 15 is 0 Å². The fourth-order valence-corrected chi connectivity index (χ4v) is 4.62. The Kier molecular flexibility index (Phi) is 4.69. The number of pyridine rings is 1. The number of amides is 1. The number of anilines is 1. The Labute approximate surface area is 172 Å². The Morgan fingerprint density at radius 2 is 2.03 bits per heavy atom.